The van der Waals surface area contributed by atoms with Gasteiger partial charge in [0.15, 0.2) is 5.13 Å². The van der Waals surface area contributed by atoms with Crippen molar-refractivity contribution >= 4 is 34.1 Å². The Kier molecular flexibility index (Phi) is 6.07. The molecule has 0 bridgehead atoms. The van der Waals surface area contributed by atoms with Crippen molar-refractivity contribution in [2.24, 2.45) is 0 Å². The monoisotopic (exact) mass is 493 g/mol. The summed E-state index contributed by atoms with van der Waals surface area (Å²) in [5, 5.41) is 11.6. The summed E-state index contributed by atoms with van der Waals surface area (Å²) in [4.78, 5) is 23.9. The first-order valence-corrected chi connectivity index (χ1v) is 12.1. The number of amides is 2. The summed E-state index contributed by atoms with van der Waals surface area (Å²) >= 11 is 8.24. The SMILES string of the molecule is CNC(=O)Nc1nc2c(s1)-c1c(c(-c3cccnc3)nn1-c1ccc(CN(C)C)cc1Cl)CC2. The van der Waals surface area contributed by atoms with Gasteiger partial charge in [0.05, 0.1) is 32.7 Å². The Labute approximate surface area is 206 Å². The molecule has 0 spiro atoms. The van der Waals surface area contributed by atoms with Crippen LogP contribution < -0.4 is 10.6 Å². The lowest BCUT2D eigenvalue weighted by molar-refractivity contribution is 0.254. The number of halogens is 1. The van der Waals surface area contributed by atoms with Crippen LogP contribution in [0.4, 0.5) is 9.93 Å². The number of carbonyl (C=O) groups excluding carboxylic acids is 1. The summed E-state index contributed by atoms with van der Waals surface area (Å²) < 4.78 is 1.92. The summed E-state index contributed by atoms with van der Waals surface area (Å²) in [7, 11) is 5.64. The van der Waals surface area contributed by atoms with Gasteiger partial charge in [0.2, 0.25) is 0 Å². The third-order valence-corrected chi connectivity index (χ3v) is 6.95. The maximum absolute atomic E-state index is 11.9. The molecule has 0 fully saturated rings. The zero-order chi connectivity index (χ0) is 23.8. The number of nitrogens with zero attached hydrogens (tertiary/aromatic N) is 5. The number of benzene rings is 1. The highest BCUT2D eigenvalue weighted by Crippen LogP contribution is 2.44. The number of aryl methyl sites for hydroxylation is 1. The molecule has 0 aliphatic heterocycles. The largest absolute Gasteiger partial charge is 0.341 e. The summed E-state index contributed by atoms with van der Waals surface area (Å²) in [6.45, 7) is 0.797. The molecule has 5 rings (SSSR count). The number of aromatic nitrogens is 4. The molecule has 4 aromatic rings. The summed E-state index contributed by atoms with van der Waals surface area (Å²) in [5.74, 6) is 0. The highest BCUT2D eigenvalue weighted by Gasteiger charge is 2.30. The van der Waals surface area contributed by atoms with Gasteiger partial charge in [0.25, 0.3) is 0 Å². The van der Waals surface area contributed by atoms with Gasteiger partial charge in [0.1, 0.15) is 0 Å². The van der Waals surface area contributed by atoms with Gasteiger partial charge in [-0.3, -0.25) is 10.3 Å². The Morgan fingerprint density at radius 1 is 1.26 bits per heavy atom. The Balaban J connectivity index is 1.68. The van der Waals surface area contributed by atoms with Gasteiger partial charge in [-0.05, 0) is 56.8 Å². The van der Waals surface area contributed by atoms with E-state index in [1.165, 1.54) is 11.3 Å². The fraction of sp³-hybridized carbons (Fsp3) is 0.250. The smallest absolute Gasteiger partial charge is 0.320 e. The fourth-order valence-electron chi connectivity index (χ4n) is 4.18. The summed E-state index contributed by atoms with van der Waals surface area (Å²) in [6, 6.07) is 9.71. The lowest BCUT2D eigenvalue weighted by atomic mass is 9.95. The first-order chi connectivity index (χ1) is 16.4. The number of carbonyl (C=O) groups is 1. The number of thiazole rings is 1. The molecule has 1 aliphatic carbocycles. The average Bonchev–Trinajstić information content (AvgIpc) is 3.40. The number of hydrogen-bond donors (Lipinski definition) is 2. The molecule has 0 atom stereocenters. The van der Waals surface area contributed by atoms with Crippen LogP contribution in [0.2, 0.25) is 5.02 Å². The molecule has 0 unspecified atom stereocenters. The van der Waals surface area contributed by atoms with Crippen LogP contribution in [-0.2, 0) is 19.4 Å². The van der Waals surface area contributed by atoms with Crippen molar-refractivity contribution in [1.29, 1.82) is 0 Å². The highest BCUT2D eigenvalue weighted by atomic mass is 35.5. The van der Waals surface area contributed by atoms with Crippen molar-refractivity contribution in [2.75, 3.05) is 26.5 Å². The maximum atomic E-state index is 11.9. The molecule has 174 valence electrons. The molecule has 8 nitrogen and oxygen atoms in total. The van der Waals surface area contributed by atoms with E-state index in [0.29, 0.717) is 10.2 Å². The molecule has 10 heteroatoms. The van der Waals surface area contributed by atoms with Crippen molar-refractivity contribution in [1.82, 2.24) is 30.0 Å². The van der Waals surface area contributed by atoms with Crippen LogP contribution in [0.25, 0.3) is 27.5 Å². The predicted octanol–water partition coefficient (Wildman–Crippen LogP) is 4.62. The molecule has 1 aromatic carbocycles. The third kappa shape index (κ3) is 4.18. The van der Waals surface area contributed by atoms with E-state index in [0.717, 1.165) is 63.7 Å². The molecule has 2 amide bonds. The van der Waals surface area contributed by atoms with Crippen molar-refractivity contribution < 1.29 is 4.79 Å². The quantitative estimate of drug-likeness (QED) is 0.423. The van der Waals surface area contributed by atoms with Gasteiger partial charge in [-0.2, -0.15) is 5.10 Å². The van der Waals surface area contributed by atoms with Crippen molar-refractivity contribution in [3.8, 4) is 27.5 Å². The third-order valence-electron chi connectivity index (χ3n) is 5.63. The van der Waals surface area contributed by atoms with Gasteiger partial charge in [-0.1, -0.05) is 29.0 Å². The van der Waals surface area contributed by atoms with E-state index in [-0.39, 0.29) is 6.03 Å². The highest BCUT2D eigenvalue weighted by molar-refractivity contribution is 7.19. The van der Waals surface area contributed by atoms with Crippen LogP contribution in [-0.4, -0.2) is 51.8 Å². The van der Waals surface area contributed by atoms with E-state index in [9.17, 15) is 4.79 Å². The van der Waals surface area contributed by atoms with Gasteiger partial charge >= 0.3 is 6.03 Å². The summed E-state index contributed by atoms with van der Waals surface area (Å²) in [6.07, 6.45) is 5.13. The molecule has 1 aliphatic rings. The van der Waals surface area contributed by atoms with E-state index in [4.69, 9.17) is 16.7 Å². The molecule has 3 aromatic heterocycles. The maximum Gasteiger partial charge on any atom is 0.320 e. The van der Waals surface area contributed by atoms with E-state index < -0.39 is 0 Å². The van der Waals surface area contributed by atoms with Crippen LogP contribution in [0.15, 0.2) is 42.7 Å². The topological polar surface area (TPSA) is 88.0 Å². The number of pyridine rings is 1. The van der Waals surface area contributed by atoms with Crippen molar-refractivity contribution in [3.05, 3.63) is 64.6 Å². The second-order valence-corrected chi connectivity index (χ2v) is 9.76. The Morgan fingerprint density at radius 3 is 2.82 bits per heavy atom. The average molecular weight is 494 g/mol. The molecule has 0 saturated carbocycles. The number of hydrogen-bond acceptors (Lipinski definition) is 6. The number of nitrogens with one attached hydrogen (secondary N) is 2. The Bertz CT molecular complexity index is 1360. The van der Waals surface area contributed by atoms with Crippen LogP contribution in [0, 0.1) is 0 Å². The number of fused-ring (bicyclic) bond motifs is 3. The lowest BCUT2D eigenvalue weighted by Crippen LogP contribution is -2.24. The van der Waals surface area contributed by atoms with E-state index >= 15 is 0 Å². The standard InChI is InChI=1S/C24H24ClN7OS/c1-26-23(33)29-24-28-18-8-7-16-20(15-5-4-10-27-12-15)30-32(21(16)22(18)34-24)19-9-6-14(11-17(19)25)13-31(2)3/h4-6,9-12H,7-8,13H2,1-3H3,(H2,26,28,29,33). The number of urea groups is 1. The second kappa shape index (κ2) is 9.17. The molecule has 2 N–H and O–H groups in total. The minimum absolute atomic E-state index is 0.296. The molecular weight excluding hydrogens is 470 g/mol. The van der Waals surface area contributed by atoms with E-state index in [1.54, 1.807) is 13.2 Å². The zero-order valence-corrected chi connectivity index (χ0v) is 20.7. The second-order valence-electron chi connectivity index (χ2n) is 8.35. The Morgan fingerprint density at radius 2 is 2.12 bits per heavy atom. The van der Waals surface area contributed by atoms with Crippen LogP contribution in [0.3, 0.4) is 0 Å². The van der Waals surface area contributed by atoms with Crippen LogP contribution in [0.1, 0.15) is 16.8 Å². The van der Waals surface area contributed by atoms with E-state index in [2.05, 4.69) is 31.6 Å². The normalized spacial score (nSPS) is 12.4. The lowest BCUT2D eigenvalue weighted by Gasteiger charge is -2.16. The molecule has 34 heavy (non-hydrogen) atoms. The van der Waals surface area contributed by atoms with Crippen molar-refractivity contribution in [2.45, 2.75) is 19.4 Å². The molecule has 3 heterocycles. The molecule has 0 radical (unpaired) electrons. The first-order valence-electron chi connectivity index (χ1n) is 10.9. The predicted molar refractivity (Wildman–Crippen MR) is 136 cm³/mol. The van der Waals surface area contributed by atoms with Crippen LogP contribution in [0.5, 0.6) is 0 Å². The zero-order valence-electron chi connectivity index (χ0n) is 19.1. The number of rotatable bonds is 5. The van der Waals surface area contributed by atoms with Gasteiger partial charge in [-0.15, -0.1) is 0 Å². The molecule has 0 saturated heterocycles. The van der Waals surface area contributed by atoms with Crippen molar-refractivity contribution in [3.63, 3.8) is 0 Å². The minimum atomic E-state index is -0.296. The minimum Gasteiger partial charge on any atom is -0.341 e. The Hall–Kier alpha value is -3.27. The molecular formula is C24H24ClN7OS. The van der Waals surface area contributed by atoms with Gasteiger partial charge < -0.3 is 10.2 Å². The van der Waals surface area contributed by atoms with E-state index in [1.807, 2.05) is 49.2 Å². The van der Waals surface area contributed by atoms with Gasteiger partial charge in [0, 0.05) is 37.1 Å². The number of anilines is 1. The van der Waals surface area contributed by atoms with Crippen LogP contribution >= 0.6 is 22.9 Å². The fourth-order valence-corrected chi connectivity index (χ4v) is 5.53. The summed E-state index contributed by atoms with van der Waals surface area (Å²) in [5.41, 5.74) is 6.81. The van der Waals surface area contributed by atoms with Gasteiger partial charge in [-0.25, -0.2) is 14.5 Å². The first kappa shape index (κ1) is 22.5.